The zero-order chi connectivity index (χ0) is 16.0. The molecule has 0 bridgehead atoms. The molecule has 0 aliphatic carbocycles. The van der Waals surface area contributed by atoms with Crippen molar-refractivity contribution in [2.75, 3.05) is 24.8 Å². The fourth-order valence-corrected chi connectivity index (χ4v) is 2.03. The van der Waals surface area contributed by atoms with Crippen LogP contribution in [0.3, 0.4) is 0 Å². The van der Waals surface area contributed by atoms with Crippen molar-refractivity contribution >= 4 is 11.5 Å². The number of nitrogens with zero attached hydrogens (tertiary/aromatic N) is 1. The molecule has 1 heterocycles. The third-order valence-corrected chi connectivity index (χ3v) is 3.46. The van der Waals surface area contributed by atoms with Crippen molar-refractivity contribution in [2.45, 2.75) is 46.2 Å². The van der Waals surface area contributed by atoms with Crippen LogP contribution in [-0.4, -0.2) is 29.3 Å². The van der Waals surface area contributed by atoms with Crippen molar-refractivity contribution in [1.29, 1.82) is 0 Å². The minimum absolute atomic E-state index is 0.0597. The summed E-state index contributed by atoms with van der Waals surface area (Å²) < 4.78 is 6.55. The van der Waals surface area contributed by atoms with E-state index in [0.717, 1.165) is 12.8 Å². The van der Waals surface area contributed by atoms with Gasteiger partial charge in [-0.3, -0.25) is 14.3 Å². The van der Waals surface area contributed by atoms with Crippen LogP contribution in [0, 0.1) is 5.92 Å². The van der Waals surface area contributed by atoms with Crippen molar-refractivity contribution in [2.24, 2.45) is 5.92 Å². The first-order chi connectivity index (χ1) is 9.92. The number of ether oxygens (including phenoxy) is 1. The lowest BCUT2D eigenvalue weighted by Gasteiger charge is -2.23. The predicted molar refractivity (Wildman–Crippen MR) is 84.8 cm³/mol. The van der Waals surface area contributed by atoms with Crippen LogP contribution < -0.4 is 22.3 Å². The monoisotopic (exact) mass is 298 g/mol. The van der Waals surface area contributed by atoms with Crippen LogP contribution in [0.15, 0.2) is 9.59 Å². The van der Waals surface area contributed by atoms with E-state index in [1.807, 2.05) is 20.8 Å². The Hall–Kier alpha value is -1.76. The summed E-state index contributed by atoms with van der Waals surface area (Å²) in [5, 5.41) is 3.11. The molecule has 1 rings (SSSR count). The SMILES string of the molecule is CCCCn1c(N)c(NC(COC)C(C)C)c(=O)[nH]c1=O. The Morgan fingerprint density at radius 3 is 2.57 bits per heavy atom. The van der Waals surface area contributed by atoms with E-state index in [0.29, 0.717) is 13.2 Å². The Labute approximate surface area is 124 Å². The molecule has 1 unspecified atom stereocenters. The molecule has 21 heavy (non-hydrogen) atoms. The zero-order valence-electron chi connectivity index (χ0n) is 13.2. The number of nitrogens with one attached hydrogen (secondary N) is 2. The standard InChI is InChI=1S/C14H26N4O3/c1-5-6-7-18-12(15)11(13(19)17-14(18)20)16-10(8-21-4)9(2)3/h9-10,16H,5-8,15H2,1-4H3,(H,17,19,20). The van der Waals surface area contributed by atoms with Gasteiger partial charge in [0.2, 0.25) is 0 Å². The number of H-pyrrole nitrogens is 1. The van der Waals surface area contributed by atoms with Gasteiger partial charge in [0.1, 0.15) is 11.5 Å². The maximum Gasteiger partial charge on any atom is 0.330 e. The van der Waals surface area contributed by atoms with Gasteiger partial charge in [-0.25, -0.2) is 4.79 Å². The lowest BCUT2D eigenvalue weighted by atomic mass is 10.1. The Kier molecular flexibility index (Phi) is 6.48. The number of nitrogens with two attached hydrogens (primary N) is 1. The lowest BCUT2D eigenvalue weighted by Crippen LogP contribution is -2.38. The topological polar surface area (TPSA) is 102 Å². The third kappa shape index (κ3) is 4.35. The molecule has 7 nitrogen and oxygen atoms in total. The van der Waals surface area contributed by atoms with Gasteiger partial charge in [0, 0.05) is 13.7 Å². The first-order valence-corrected chi connectivity index (χ1v) is 7.30. The number of aromatic amines is 1. The molecule has 0 fully saturated rings. The second kappa shape index (κ2) is 7.87. The normalized spacial score (nSPS) is 12.6. The number of hydrogen-bond acceptors (Lipinski definition) is 5. The minimum atomic E-state index is -0.494. The summed E-state index contributed by atoms with van der Waals surface area (Å²) in [4.78, 5) is 26.1. The van der Waals surface area contributed by atoms with Crippen LogP contribution in [0.5, 0.6) is 0 Å². The highest BCUT2D eigenvalue weighted by atomic mass is 16.5. The lowest BCUT2D eigenvalue weighted by molar-refractivity contribution is 0.171. The molecular formula is C14H26N4O3. The molecule has 0 spiro atoms. The minimum Gasteiger partial charge on any atom is -0.383 e. The van der Waals surface area contributed by atoms with Gasteiger partial charge < -0.3 is 15.8 Å². The van der Waals surface area contributed by atoms with Gasteiger partial charge in [-0.05, 0) is 12.3 Å². The second-order valence-corrected chi connectivity index (χ2v) is 5.47. The molecule has 1 atom stereocenters. The van der Waals surface area contributed by atoms with E-state index in [9.17, 15) is 9.59 Å². The third-order valence-electron chi connectivity index (χ3n) is 3.46. The van der Waals surface area contributed by atoms with Gasteiger partial charge in [-0.15, -0.1) is 0 Å². The van der Waals surface area contributed by atoms with Crippen LogP contribution in [0.1, 0.15) is 33.6 Å². The van der Waals surface area contributed by atoms with Crippen molar-refractivity contribution in [1.82, 2.24) is 9.55 Å². The van der Waals surface area contributed by atoms with Crippen molar-refractivity contribution in [3.05, 3.63) is 20.8 Å². The highest BCUT2D eigenvalue weighted by molar-refractivity contribution is 5.61. The Bertz CT molecular complexity index is 562. The molecule has 0 amide bonds. The van der Waals surface area contributed by atoms with Crippen LogP contribution in [0.25, 0.3) is 0 Å². The molecule has 0 saturated carbocycles. The molecule has 4 N–H and O–H groups in total. The van der Waals surface area contributed by atoms with Crippen molar-refractivity contribution in [3.8, 4) is 0 Å². The molecule has 0 radical (unpaired) electrons. The van der Waals surface area contributed by atoms with Crippen molar-refractivity contribution < 1.29 is 4.74 Å². The first kappa shape index (κ1) is 17.3. The van der Waals surface area contributed by atoms with Crippen LogP contribution in [-0.2, 0) is 11.3 Å². The van der Waals surface area contributed by atoms with Gasteiger partial charge in [-0.1, -0.05) is 27.2 Å². The molecule has 0 aromatic carbocycles. The summed E-state index contributed by atoms with van der Waals surface area (Å²) in [5.74, 6) is 0.429. The predicted octanol–water partition coefficient (Wildman–Crippen LogP) is 1.00. The number of aromatic nitrogens is 2. The smallest absolute Gasteiger partial charge is 0.330 e. The number of hydrogen-bond donors (Lipinski definition) is 3. The Balaban J connectivity index is 3.17. The maximum absolute atomic E-state index is 12.0. The average molecular weight is 298 g/mol. The summed E-state index contributed by atoms with van der Waals surface area (Å²) in [6, 6.07) is -0.0597. The highest BCUT2D eigenvalue weighted by Gasteiger charge is 2.18. The summed E-state index contributed by atoms with van der Waals surface area (Å²) in [5.41, 5.74) is 5.29. The molecule has 7 heteroatoms. The van der Waals surface area contributed by atoms with Gasteiger partial charge >= 0.3 is 5.69 Å². The van der Waals surface area contributed by atoms with E-state index in [2.05, 4.69) is 10.3 Å². The summed E-state index contributed by atoms with van der Waals surface area (Å²) in [6.07, 6.45) is 1.76. The summed E-state index contributed by atoms with van der Waals surface area (Å²) in [6.45, 7) is 7.01. The molecule has 120 valence electrons. The number of rotatable bonds is 8. The molecular weight excluding hydrogens is 272 g/mol. The fraction of sp³-hybridized carbons (Fsp3) is 0.714. The van der Waals surface area contributed by atoms with Crippen molar-refractivity contribution in [3.63, 3.8) is 0 Å². The van der Waals surface area contributed by atoms with E-state index >= 15 is 0 Å². The molecule has 0 aliphatic rings. The number of nitrogen functional groups attached to an aromatic ring is 1. The van der Waals surface area contributed by atoms with E-state index < -0.39 is 11.2 Å². The quantitative estimate of drug-likeness (QED) is 0.664. The number of anilines is 2. The van der Waals surface area contributed by atoms with E-state index in [1.165, 1.54) is 4.57 Å². The van der Waals surface area contributed by atoms with Gasteiger partial charge in [0.25, 0.3) is 5.56 Å². The van der Waals surface area contributed by atoms with Crippen LogP contribution >= 0.6 is 0 Å². The molecule has 0 saturated heterocycles. The number of unbranched alkanes of at least 4 members (excludes halogenated alkanes) is 1. The summed E-state index contributed by atoms with van der Waals surface area (Å²) in [7, 11) is 1.60. The first-order valence-electron chi connectivity index (χ1n) is 7.30. The van der Waals surface area contributed by atoms with Crippen LogP contribution in [0.2, 0.25) is 0 Å². The van der Waals surface area contributed by atoms with Crippen LogP contribution in [0.4, 0.5) is 11.5 Å². The van der Waals surface area contributed by atoms with Gasteiger partial charge in [0.05, 0.1) is 12.6 Å². The second-order valence-electron chi connectivity index (χ2n) is 5.47. The van der Waals surface area contributed by atoms with Gasteiger partial charge in [0.15, 0.2) is 0 Å². The van der Waals surface area contributed by atoms with E-state index in [-0.39, 0.29) is 23.5 Å². The average Bonchev–Trinajstić information content (AvgIpc) is 2.41. The number of methoxy groups -OCH3 is 1. The molecule has 0 aliphatic heterocycles. The molecule has 1 aromatic heterocycles. The zero-order valence-corrected chi connectivity index (χ0v) is 13.2. The highest BCUT2D eigenvalue weighted by Crippen LogP contribution is 2.15. The molecule has 1 aromatic rings. The van der Waals surface area contributed by atoms with Gasteiger partial charge in [-0.2, -0.15) is 0 Å². The van der Waals surface area contributed by atoms with E-state index in [4.69, 9.17) is 10.5 Å². The Morgan fingerprint density at radius 1 is 1.38 bits per heavy atom. The summed E-state index contributed by atoms with van der Waals surface area (Å²) >= 11 is 0. The Morgan fingerprint density at radius 2 is 2.05 bits per heavy atom. The van der Waals surface area contributed by atoms with E-state index in [1.54, 1.807) is 7.11 Å². The fourth-order valence-electron chi connectivity index (χ4n) is 2.03. The maximum atomic E-state index is 12.0. The largest absolute Gasteiger partial charge is 0.383 e.